The maximum absolute atomic E-state index is 13.8. The molecule has 2 saturated heterocycles. The van der Waals surface area contributed by atoms with E-state index in [-0.39, 0.29) is 17.6 Å². The summed E-state index contributed by atoms with van der Waals surface area (Å²) in [7, 11) is 0. The third-order valence-electron chi connectivity index (χ3n) is 4.59. The van der Waals surface area contributed by atoms with Crippen LogP contribution in [-0.4, -0.2) is 47.4 Å². The first-order chi connectivity index (χ1) is 10.1. The van der Waals surface area contributed by atoms with Gasteiger partial charge >= 0.3 is 0 Å². The van der Waals surface area contributed by atoms with Crippen LogP contribution in [0.1, 0.15) is 30.1 Å². The lowest BCUT2D eigenvalue weighted by Crippen LogP contribution is -2.56. The minimum Gasteiger partial charge on any atom is -0.333 e. The lowest BCUT2D eigenvalue weighted by molar-refractivity contribution is 0.0396. The molecule has 0 spiro atoms. The third kappa shape index (κ3) is 2.49. The lowest BCUT2D eigenvalue weighted by atomic mass is 10.0. The molecule has 5 nitrogen and oxygen atoms in total. The number of para-hydroxylation sites is 1. The van der Waals surface area contributed by atoms with Crippen LogP contribution in [0, 0.1) is 5.82 Å². The van der Waals surface area contributed by atoms with Gasteiger partial charge in [-0.2, -0.15) is 0 Å². The summed E-state index contributed by atoms with van der Waals surface area (Å²) in [4.78, 5) is 17.1. The Morgan fingerprint density at radius 1 is 1.43 bits per heavy atom. The molecule has 0 saturated carbocycles. The molecule has 2 aliphatic heterocycles. The predicted octanol–water partition coefficient (Wildman–Crippen LogP) is 1.42. The molecule has 1 amide bonds. The molecule has 0 aromatic heterocycles. The predicted molar refractivity (Wildman–Crippen MR) is 79.3 cm³/mol. The summed E-state index contributed by atoms with van der Waals surface area (Å²) in [5, 5.41) is 0. The SMILES string of the molecule is CC1CN2CCCC2CN1C(=O)c1cccc(F)c1NN. The zero-order valence-corrected chi connectivity index (χ0v) is 12.2. The molecule has 2 atom stereocenters. The number of hydrazine groups is 1. The van der Waals surface area contributed by atoms with E-state index in [2.05, 4.69) is 10.3 Å². The third-order valence-corrected chi connectivity index (χ3v) is 4.59. The van der Waals surface area contributed by atoms with Crippen molar-refractivity contribution in [3.8, 4) is 0 Å². The molecule has 1 aromatic rings. The smallest absolute Gasteiger partial charge is 0.256 e. The highest BCUT2D eigenvalue weighted by molar-refractivity contribution is 6.00. The van der Waals surface area contributed by atoms with Crippen LogP contribution in [0.2, 0.25) is 0 Å². The highest BCUT2D eigenvalue weighted by Gasteiger charge is 2.37. The van der Waals surface area contributed by atoms with Crippen LogP contribution in [0.15, 0.2) is 18.2 Å². The molecule has 114 valence electrons. The number of hydrogen-bond acceptors (Lipinski definition) is 4. The normalized spacial score (nSPS) is 25.8. The molecule has 0 radical (unpaired) electrons. The summed E-state index contributed by atoms with van der Waals surface area (Å²) < 4.78 is 13.8. The number of piperazine rings is 1. The lowest BCUT2D eigenvalue weighted by Gasteiger charge is -2.42. The van der Waals surface area contributed by atoms with E-state index in [1.807, 2.05) is 11.8 Å². The van der Waals surface area contributed by atoms with Gasteiger partial charge in [-0.1, -0.05) is 6.07 Å². The first-order valence-corrected chi connectivity index (χ1v) is 7.42. The van der Waals surface area contributed by atoms with Crippen LogP contribution in [0.5, 0.6) is 0 Å². The second kappa shape index (κ2) is 5.61. The fraction of sp³-hybridized carbons (Fsp3) is 0.533. The number of hydrogen-bond donors (Lipinski definition) is 2. The fourth-order valence-corrected chi connectivity index (χ4v) is 3.47. The fourth-order valence-electron chi connectivity index (χ4n) is 3.47. The van der Waals surface area contributed by atoms with Crippen molar-refractivity contribution in [3.63, 3.8) is 0 Å². The molecular formula is C15H21FN4O. The number of amides is 1. The number of halogens is 1. The Kier molecular flexibility index (Phi) is 3.82. The first-order valence-electron chi connectivity index (χ1n) is 7.42. The van der Waals surface area contributed by atoms with E-state index >= 15 is 0 Å². The number of nitrogen functional groups attached to an aromatic ring is 1. The Labute approximate surface area is 123 Å². The maximum Gasteiger partial charge on any atom is 0.256 e. The molecule has 3 rings (SSSR count). The molecule has 2 unspecified atom stereocenters. The second-order valence-corrected chi connectivity index (χ2v) is 5.90. The van der Waals surface area contributed by atoms with Crippen molar-refractivity contribution in [3.05, 3.63) is 29.6 Å². The quantitative estimate of drug-likeness (QED) is 0.639. The molecule has 0 bridgehead atoms. The molecule has 2 aliphatic rings. The number of rotatable bonds is 2. The minimum atomic E-state index is -0.504. The summed E-state index contributed by atoms with van der Waals surface area (Å²) >= 11 is 0. The highest BCUT2D eigenvalue weighted by atomic mass is 19.1. The van der Waals surface area contributed by atoms with Crippen LogP contribution >= 0.6 is 0 Å². The van der Waals surface area contributed by atoms with E-state index in [4.69, 9.17) is 5.84 Å². The van der Waals surface area contributed by atoms with Gasteiger partial charge in [-0.25, -0.2) is 4.39 Å². The van der Waals surface area contributed by atoms with Gasteiger partial charge in [0.15, 0.2) is 0 Å². The maximum atomic E-state index is 13.8. The zero-order valence-electron chi connectivity index (χ0n) is 12.2. The van der Waals surface area contributed by atoms with Crippen molar-refractivity contribution in [2.45, 2.75) is 31.8 Å². The van der Waals surface area contributed by atoms with Gasteiger partial charge in [0.05, 0.1) is 11.3 Å². The van der Waals surface area contributed by atoms with Crippen LogP contribution in [0.3, 0.4) is 0 Å². The number of carbonyl (C=O) groups excluding carboxylic acids is 1. The van der Waals surface area contributed by atoms with E-state index < -0.39 is 5.82 Å². The molecule has 1 aromatic carbocycles. The van der Waals surface area contributed by atoms with Gasteiger partial charge in [0.25, 0.3) is 5.91 Å². The number of nitrogens with two attached hydrogens (primary N) is 1. The Balaban J connectivity index is 1.86. The van der Waals surface area contributed by atoms with Crippen LogP contribution in [0.25, 0.3) is 0 Å². The van der Waals surface area contributed by atoms with Crippen molar-refractivity contribution >= 4 is 11.6 Å². The largest absolute Gasteiger partial charge is 0.333 e. The van der Waals surface area contributed by atoms with Crippen molar-refractivity contribution < 1.29 is 9.18 Å². The number of nitrogens with zero attached hydrogens (tertiary/aromatic N) is 2. The highest BCUT2D eigenvalue weighted by Crippen LogP contribution is 2.27. The Morgan fingerprint density at radius 3 is 3.00 bits per heavy atom. The Morgan fingerprint density at radius 2 is 2.24 bits per heavy atom. The number of nitrogens with one attached hydrogen (secondary N) is 1. The van der Waals surface area contributed by atoms with E-state index in [0.29, 0.717) is 18.2 Å². The molecule has 2 fully saturated rings. The minimum absolute atomic E-state index is 0.0727. The summed E-state index contributed by atoms with van der Waals surface area (Å²) in [5.74, 6) is 4.71. The van der Waals surface area contributed by atoms with E-state index in [1.165, 1.54) is 12.5 Å². The molecular weight excluding hydrogens is 271 g/mol. The van der Waals surface area contributed by atoms with E-state index in [0.717, 1.165) is 19.5 Å². The first kappa shape index (κ1) is 14.3. The topological polar surface area (TPSA) is 61.6 Å². The number of fused-ring (bicyclic) bond motifs is 1. The van der Waals surface area contributed by atoms with Gasteiger partial charge in [-0.3, -0.25) is 15.5 Å². The van der Waals surface area contributed by atoms with Crippen molar-refractivity contribution in [2.75, 3.05) is 25.1 Å². The van der Waals surface area contributed by atoms with E-state index in [9.17, 15) is 9.18 Å². The van der Waals surface area contributed by atoms with Crippen molar-refractivity contribution in [1.82, 2.24) is 9.80 Å². The summed E-state index contributed by atoms with van der Waals surface area (Å²) in [6.07, 6.45) is 2.32. The van der Waals surface area contributed by atoms with Crippen LogP contribution in [0.4, 0.5) is 10.1 Å². The average Bonchev–Trinajstić information content (AvgIpc) is 2.92. The number of benzene rings is 1. The van der Waals surface area contributed by atoms with E-state index in [1.54, 1.807) is 12.1 Å². The Bertz CT molecular complexity index is 550. The standard InChI is InChI=1S/C15H21FN4O/c1-10-8-19-7-3-4-11(19)9-20(10)15(21)12-5-2-6-13(16)14(12)18-17/h2,5-6,10-11,18H,3-4,7-9,17H2,1H3. The van der Waals surface area contributed by atoms with Crippen molar-refractivity contribution in [1.29, 1.82) is 0 Å². The van der Waals surface area contributed by atoms with Crippen LogP contribution in [-0.2, 0) is 0 Å². The number of anilines is 1. The number of carbonyl (C=O) groups is 1. The molecule has 21 heavy (non-hydrogen) atoms. The van der Waals surface area contributed by atoms with Gasteiger partial charge in [-0.05, 0) is 38.4 Å². The summed E-state index contributed by atoms with van der Waals surface area (Å²) in [5.41, 5.74) is 2.69. The molecule has 0 aliphatic carbocycles. The second-order valence-electron chi connectivity index (χ2n) is 5.90. The Hall–Kier alpha value is -1.66. The molecule has 3 N–H and O–H groups in total. The van der Waals surface area contributed by atoms with Crippen molar-refractivity contribution in [2.24, 2.45) is 5.84 Å². The monoisotopic (exact) mass is 292 g/mol. The van der Waals surface area contributed by atoms with Crippen LogP contribution < -0.4 is 11.3 Å². The summed E-state index contributed by atoms with van der Waals surface area (Å²) in [6.45, 7) is 4.76. The average molecular weight is 292 g/mol. The zero-order chi connectivity index (χ0) is 15.0. The van der Waals surface area contributed by atoms with Gasteiger partial charge in [-0.15, -0.1) is 0 Å². The van der Waals surface area contributed by atoms with Gasteiger partial charge in [0.1, 0.15) is 5.82 Å². The van der Waals surface area contributed by atoms with Gasteiger partial charge in [0.2, 0.25) is 0 Å². The molecule has 2 heterocycles. The summed E-state index contributed by atoms with van der Waals surface area (Å²) in [6, 6.07) is 5.02. The van der Waals surface area contributed by atoms with Gasteiger partial charge in [0, 0.05) is 25.2 Å². The van der Waals surface area contributed by atoms with Gasteiger partial charge < -0.3 is 10.3 Å². The molecule has 6 heteroatoms.